The molecule has 1 unspecified atom stereocenters. The fourth-order valence-corrected chi connectivity index (χ4v) is 2.60. The molecule has 0 bridgehead atoms. The molecule has 0 saturated heterocycles. The van der Waals surface area contributed by atoms with E-state index in [0.29, 0.717) is 0 Å². The molecule has 1 fully saturated rings. The summed E-state index contributed by atoms with van der Waals surface area (Å²) in [6.45, 7) is -0.240. The second kappa shape index (κ2) is 7.36. The summed E-state index contributed by atoms with van der Waals surface area (Å²) in [6.07, 6.45) is 3.84. The Kier molecular flexibility index (Phi) is 5.50. The van der Waals surface area contributed by atoms with Crippen molar-refractivity contribution in [1.29, 1.82) is 0 Å². The van der Waals surface area contributed by atoms with Gasteiger partial charge in [-0.05, 0) is 25.0 Å². The average molecular weight is 298 g/mol. The van der Waals surface area contributed by atoms with E-state index in [2.05, 4.69) is 10.6 Å². The van der Waals surface area contributed by atoms with E-state index in [4.69, 9.17) is 0 Å². The van der Waals surface area contributed by atoms with Gasteiger partial charge < -0.3 is 15.7 Å². The third-order valence-electron chi connectivity index (χ3n) is 3.73. The van der Waals surface area contributed by atoms with Gasteiger partial charge in [0.1, 0.15) is 17.7 Å². The van der Waals surface area contributed by atoms with Gasteiger partial charge in [0.25, 0.3) is 0 Å². The molecule has 0 heterocycles. The van der Waals surface area contributed by atoms with Gasteiger partial charge in [-0.2, -0.15) is 0 Å². The van der Waals surface area contributed by atoms with Gasteiger partial charge in [0.05, 0.1) is 5.56 Å². The van der Waals surface area contributed by atoms with Crippen molar-refractivity contribution in [2.75, 3.05) is 6.54 Å². The van der Waals surface area contributed by atoms with Gasteiger partial charge in [-0.15, -0.1) is 0 Å². The van der Waals surface area contributed by atoms with Crippen LogP contribution in [0.15, 0.2) is 18.2 Å². The molecule has 0 radical (unpaired) electrons. The molecular weight excluding hydrogens is 278 g/mol. The van der Waals surface area contributed by atoms with Gasteiger partial charge in [0, 0.05) is 12.6 Å². The van der Waals surface area contributed by atoms with Crippen molar-refractivity contribution < 1.29 is 18.7 Å². The van der Waals surface area contributed by atoms with Crippen molar-refractivity contribution in [2.24, 2.45) is 0 Å². The first-order chi connectivity index (χ1) is 10.1. The summed E-state index contributed by atoms with van der Waals surface area (Å²) in [5.41, 5.74) is -0.421. The number of rotatable bonds is 4. The summed E-state index contributed by atoms with van der Waals surface area (Å²) in [7, 11) is 0. The smallest absolute Gasteiger partial charge is 0.315 e. The molecule has 1 aromatic rings. The van der Waals surface area contributed by atoms with Crippen LogP contribution in [0.1, 0.15) is 43.8 Å². The summed E-state index contributed by atoms with van der Waals surface area (Å²) in [5.74, 6) is -1.64. The molecule has 0 aliphatic heterocycles. The highest BCUT2D eigenvalue weighted by Crippen LogP contribution is 2.20. The number of aliphatic hydroxyl groups is 1. The van der Waals surface area contributed by atoms with Gasteiger partial charge in [-0.25, -0.2) is 13.6 Å². The molecule has 1 aliphatic rings. The van der Waals surface area contributed by atoms with Crippen molar-refractivity contribution in [2.45, 2.75) is 44.2 Å². The monoisotopic (exact) mass is 298 g/mol. The van der Waals surface area contributed by atoms with E-state index in [1.807, 2.05) is 0 Å². The molecular formula is C15H20F2N2O2. The average Bonchev–Trinajstić information content (AvgIpc) is 2.46. The lowest BCUT2D eigenvalue weighted by atomic mass is 9.96. The largest absolute Gasteiger partial charge is 0.386 e. The van der Waals surface area contributed by atoms with Crippen molar-refractivity contribution in [3.05, 3.63) is 35.4 Å². The molecule has 2 rings (SSSR count). The standard InChI is InChI=1S/C15H20F2N2O2/c16-11-7-4-8-12(17)14(11)13(20)9-18-15(21)19-10-5-2-1-3-6-10/h4,7-8,10,13,20H,1-3,5-6,9H2,(H2,18,19,21). The number of nitrogens with one attached hydrogen (secondary N) is 2. The van der Waals surface area contributed by atoms with Crippen LogP contribution in [0.3, 0.4) is 0 Å². The van der Waals surface area contributed by atoms with Crippen LogP contribution >= 0.6 is 0 Å². The Bertz CT molecular complexity index is 470. The van der Waals surface area contributed by atoms with Crippen LogP contribution in [-0.4, -0.2) is 23.7 Å². The van der Waals surface area contributed by atoms with Gasteiger partial charge in [0.2, 0.25) is 0 Å². The molecule has 116 valence electrons. The molecule has 2 amide bonds. The molecule has 3 N–H and O–H groups in total. The number of carbonyl (C=O) groups excluding carboxylic acids is 1. The van der Waals surface area contributed by atoms with Gasteiger partial charge in [-0.3, -0.25) is 0 Å². The molecule has 1 saturated carbocycles. The first-order valence-electron chi connectivity index (χ1n) is 7.24. The number of aliphatic hydroxyl groups excluding tert-OH is 1. The zero-order valence-electron chi connectivity index (χ0n) is 11.7. The number of amides is 2. The summed E-state index contributed by atoms with van der Waals surface area (Å²) >= 11 is 0. The predicted molar refractivity (Wildman–Crippen MR) is 74.7 cm³/mol. The van der Waals surface area contributed by atoms with E-state index in [9.17, 15) is 18.7 Å². The molecule has 1 aliphatic carbocycles. The Morgan fingerprint density at radius 3 is 2.48 bits per heavy atom. The molecule has 1 atom stereocenters. The summed E-state index contributed by atoms with van der Waals surface area (Å²) in [6, 6.07) is 3.09. The Balaban J connectivity index is 1.83. The highest BCUT2D eigenvalue weighted by atomic mass is 19.1. The fourth-order valence-electron chi connectivity index (χ4n) is 2.60. The topological polar surface area (TPSA) is 61.4 Å². The number of hydrogen-bond donors (Lipinski definition) is 3. The van der Waals surface area contributed by atoms with E-state index in [0.717, 1.165) is 37.8 Å². The predicted octanol–water partition coefficient (Wildman–Crippen LogP) is 2.63. The highest BCUT2D eigenvalue weighted by Gasteiger charge is 2.20. The van der Waals surface area contributed by atoms with E-state index >= 15 is 0 Å². The summed E-state index contributed by atoms with van der Waals surface area (Å²) < 4.78 is 26.9. The van der Waals surface area contributed by atoms with Crippen LogP contribution in [0, 0.1) is 11.6 Å². The zero-order valence-corrected chi connectivity index (χ0v) is 11.7. The van der Waals surface area contributed by atoms with E-state index in [1.165, 1.54) is 12.5 Å². The molecule has 1 aromatic carbocycles. The van der Waals surface area contributed by atoms with E-state index in [1.54, 1.807) is 0 Å². The number of carbonyl (C=O) groups is 1. The Labute approximate surface area is 122 Å². The van der Waals surface area contributed by atoms with Crippen LogP contribution in [-0.2, 0) is 0 Å². The lowest BCUT2D eigenvalue weighted by Gasteiger charge is -2.23. The van der Waals surface area contributed by atoms with Gasteiger partial charge in [0.15, 0.2) is 0 Å². The van der Waals surface area contributed by atoms with Gasteiger partial charge >= 0.3 is 6.03 Å². The first-order valence-corrected chi connectivity index (χ1v) is 7.24. The first kappa shape index (κ1) is 15.7. The van der Waals surface area contributed by atoms with Crippen molar-refractivity contribution in [1.82, 2.24) is 10.6 Å². The summed E-state index contributed by atoms with van der Waals surface area (Å²) in [4.78, 5) is 11.7. The zero-order chi connectivity index (χ0) is 15.2. The molecule has 4 nitrogen and oxygen atoms in total. The minimum atomic E-state index is -1.41. The third kappa shape index (κ3) is 4.39. The van der Waals surface area contributed by atoms with E-state index in [-0.39, 0.29) is 12.6 Å². The highest BCUT2D eigenvalue weighted by molar-refractivity contribution is 5.74. The lowest BCUT2D eigenvalue weighted by molar-refractivity contribution is 0.163. The maximum absolute atomic E-state index is 13.5. The van der Waals surface area contributed by atoms with Crippen LogP contribution < -0.4 is 10.6 Å². The fraction of sp³-hybridized carbons (Fsp3) is 0.533. The minimum absolute atomic E-state index is 0.140. The Morgan fingerprint density at radius 2 is 1.86 bits per heavy atom. The van der Waals surface area contributed by atoms with Crippen LogP contribution in [0.4, 0.5) is 13.6 Å². The molecule has 6 heteroatoms. The second-order valence-corrected chi connectivity index (χ2v) is 5.34. The number of benzene rings is 1. The van der Waals surface area contributed by atoms with E-state index < -0.39 is 29.3 Å². The normalized spacial score (nSPS) is 17.3. The SMILES string of the molecule is O=C(NCC(O)c1c(F)cccc1F)NC1CCCCC1. The number of halogens is 2. The molecule has 0 aromatic heterocycles. The van der Waals surface area contributed by atoms with Crippen LogP contribution in [0.5, 0.6) is 0 Å². The third-order valence-corrected chi connectivity index (χ3v) is 3.73. The quantitative estimate of drug-likeness (QED) is 0.800. The number of urea groups is 1. The Hall–Kier alpha value is -1.69. The van der Waals surface area contributed by atoms with Crippen molar-refractivity contribution in [3.63, 3.8) is 0 Å². The molecule has 21 heavy (non-hydrogen) atoms. The second-order valence-electron chi connectivity index (χ2n) is 5.34. The van der Waals surface area contributed by atoms with Crippen molar-refractivity contribution in [3.8, 4) is 0 Å². The Morgan fingerprint density at radius 1 is 1.24 bits per heavy atom. The minimum Gasteiger partial charge on any atom is -0.386 e. The maximum atomic E-state index is 13.5. The lowest BCUT2D eigenvalue weighted by Crippen LogP contribution is -2.44. The maximum Gasteiger partial charge on any atom is 0.315 e. The number of hydrogen-bond acceptors (Lipinski definition) is 2. The van der Waals surface area contributed by atoms with Crippen LogP contribution in [0.2, 0.25) is 0 Å². The van der Waals surface area contributed by atoms with Crippen molar-refractivity contribution >= 4 is 6.03 Å². The molecule has 0 spiro atoms. The van der Waals surface area contributed by atoms with Crippen LogP contribution in [0.25, 0.3) is 0 Å². The van der Waals surface area contributed by atoms with Gasteiger partial charge in [-0.1, -0.05) is 25.3 Å². The summed E-state index contributed by atoms with van der Waals surface area (Å²) in [5, 5.41) is 15.1.